The molecule has 0 aromatic rings. The minimum Gasteiger partial charge on any atom is -0.481 e. The smallest absolute Gasteiger partial charge is 0.306 e. The third-order valence-electron chi connectivity index (χ3n) is 2.25. The van der Waals surface area contributed by atoms with Crippen molar-refractivity contribution in [3.05, 3.63) is 20.9 Å². The van der Waals surface area contributed by atoms with Crippen molar-refractivity contribution >= 4 is 5.97 Å². The fourth-order valence-electron chi connectivity index (χ4n) is 1.58. The van der Waals surface area contributed by atoms with Crippen LogP contribution in [-0.4, -0.2) is 23.2 Å². The van der Waals surface area contributed by atoms with Gasteiger partial charge in [-0.3, -0.25) is 4.79 Å². The Bertz CT molecular complexity index is 303. The first-order valence-corrected chi connectivity index (χ1v) is 4.00. The van der Waals surface area contributed by atoms with Crippen LogP contribution in [0, 0.1) is 5.92 Å². The molecule has 74 valence electrons. The normalized spacial score (nSPS) is 30.1. The highest BCUT2D eigenvalue weighted by Crippen LogP contribution is 2.31. The van der Waals surface area contributed by atoms with Gasteiger partial charge in [0.2, 0.25) is 0 Å². The fourth-order valence-corrected chi connectivity index (χ4v) is 1.58. The number of azide groups is 2. The quantitative estimate of drug-likeness (QED) is 0.418. The van der Waals surface area contributed by atoms with Gasteiger partial charge in [0.1, 0.15) is 0 Å². The first-order valence-electron chi connectivity index (χ1n) is 4.00. The van der Waals surface area contributed by atoms with Crippen molar-refractivity contribution in [1.29, 1.82) is 0 Å². The SMILES string of the molecule is [N-]=[N+]=NC1CC(C(=O)O)CC1N=[N+]=[N-]. The second-order valence-electron chi connectivity index (χ2n) is 3.05. The van der Waals surface area contributed by atoms with E-state index in [1.54, 1.807) is 0 Å². The second kappa shape index (κ2) is 4.36. The van der Waals surface area contributed by atoms with Crippen LogP contribution in [0.1, 0.15) is 12.8 Å². The zero-order chi connectivity index (χ0) is 10.6. The van der Waals surface area contributed by atoms with E-state index < -0.39 is 24.0 Å². The predicted octanol–water partition coefficient (Wildman–Crippen LogP) is 1.84. The Balaban J connectivity index is 2.79. The Kier molecular flexibility index (Phi) is 3.17. The highest BCUT2D eigenvalue weighted by atomic mass is 16.4. The van der Waals surface area contributed by atoms with Crippen molar-refractivity contribution in [1.82, 2.24) is 0 Å². The van der Waals surface area contributed by atoms with E-state index in [0.29, 0.717) is 0 Å². The summed E-state index contributed by atoms with van der Waals surface area (Å²) in [5.74, 6) is -1.53. The molecule has 0 aromatic heterocycles. The highest BCUT2D eigenvalue weighted by Gasteiger charge is 2.36. The van der Waals surface area contributed by atoms with Gasteiger partial charge in [-0.25, -0.2) is 0 Å². The van der Waals surface area contributed by atoms with E-state index in [-0.39, 0.29) is 12.8 Å². The van der Waals surface area contributed by atoms with Crippen LogP contribution in [0.4, 0.5) is 0 Å². The number of hydrogen-bond donors (Lipinski definition) is 1. The van der Waals surface area contributed by atoms with Crippen LogP contribution in [0.25, 0.3) is 20.9 Å². The van der Waals surface area contributed by atoms with E-state index in [2.05, 4.69) is 20.1 Å². The van der Waals surface area contributed by atoms with Crippen molar-refractivity contribution < 1.29 is 9.90 Å². The maximum Gasteiger partial charge on any atom is 0.306 e. The molecule has 0 spiro atoms. The Labute approximate surface area is 78.8 Å². The lowest BCUT2D eigenvalue weighted by Gasteiger charge is -2.04. The van der Waals surface area contributed by atoms with Gasteiger partial charge in [0, 0.05) is 21.9 Å². The molecule has 2 atom stereocenters. The van der Waals surface area contributed by atoms with E-state index in [0.717, 1.165) is 0 Å². The lowest BCUT2D eigenvalue weighted by atomic mass is 10.1. The molecule has 1 aliphatic rings. The molecule has 0 bridgehead atoms. The van der Waals surface area contributed by atoms with Crippen molar-refractivity contribution in [3.63, 3.8) is 0 Å². The Morgan fingerprint density at radius 3 is 1.93 bits per heavy atom. The number of carboxylic acids is 1. The molecule has 8 heteroatoms. The maximum atomic E-state index is 10.6. The van der Waals surface area contributed by atoms with Gasteiger partial charge >= 0.3 is 5.97 Å². The summed E-state index contributed by atoms with van der Waals surface area (Å²) in [6.45, 7) is 0. The second-order valence-corrected chi connectivity index (χ2v) is 3.05. The standard InChI is InChI=1S/C6H8N6O2/c7-11-9-4-1-3(6(13)14)2-5(4)10-12-8/h3-5H,1-2H2,(H,13,14). The number of aliphatic carboxylic acids is 1. The summed E-state index contributed by atoms with van der Waals surface area (Å²) in [4.78, 5) is 15.8. The molecular weight excluding hydrogens is 188 g/mol. The fraction of sp³-hybridized carbons (Fsp3) is 0.833. The summed E-state index contributed by atoms with van der Waals surface area (Å²) >= 11 is 0. The van der Waals surface area contributed by atoms with Gasteiger partial charge < -0.3 is 5.11 Å². The molecule has 0 radical (unpaired) electrons. The van der Waals surface area contributed by atoms with E-state index in [9.17, 15) is 4.79 Å². The topological polar surface area (TPSA) is 135 Å². The van der Waals surface area contributed by atoms with Crippen LogP contribution in [0.15, 0.2) is 10.2 Å². The molecule has 1 saturated carbocycles. The molecule has 0 aliphatic heterocycles. The number of hydrogen-bond acceptors (Lipinski definition) is 3. The number of rotatable bonds is 3. The summed E-state index contributed by atoms with van der Waals surface area (Å²) in [7, 11) is 0. The van der Waals surface area contributed by atoms with E-state index in [4.69, 9.17) is 16.2 Å². The summed E-state index contributed by atoms with van der Waals surface area (Å²) in [6, 6.07) is -1.06. The van der Waals surface area contributed by atoms with Crippen molar-refractivity contribution in [2.24, 2.45) is 16.1 Å². The number of carbonyl (C=O) groups is 1. The molecular formula is C6H8N6O2. The third kappa shape index (κ3) is 2.07. The van der Waals surface area contributed by atoms with E-state index in [1.165, 1.54) is 0 Å². The van der Waals surface area contributed by atoms with Gasteiger partial charge in [0.25, 0.3) is 0 Å². The first kappa shape index (κ1) is 10.2. The van der Waals surface area contributed by atoms with Gasteiger partial charge in [-0.05, 0) is 23.9 Å². The van der Waals surface area contributed by atoms with Gasteiger partial charge in [-0.2, -0.15) is 0 Å². The summed E-state index contributed by atoms with van der Waals surface area (Å²) in [5.41, 5.74) is 16.4. The Morgan fingerprint density at radius 1 is 1.21 bits per heavy atom. The Morgan fingerprint density at radius 2 is 1.64 bits per heavy atom. The van der Waals surface area contributed by atoms with E-state index in [1.807, 2.05) is 0 Å². The zero-order valence-electron chi connectivity index (χ0n) is 7.19. The first-order chi connectivity index (χ1) is 6.69. The minimum atomic E-state index is -0.946. The lowest BCUT2D eigenvalue weighted by Crippen LogP contribution is -2.12. The third-order valence-corrected chi connectivity index (χ3v) is 2.25. The van der Waals surface area contributed by atoms with E-state index >= 15 is 0 Å². The van der Waals surface area contributed by atoms with Crippen LogP contribution >= 0.6 is 0 Å². The molecule has 1 N–H and O–H groups in total. The van der Waals surface area contributed by atoms with Gasteiger partial charge in [-0.15, -0.1) is 0 Å². The summed E-state index contributed by atoms with van der Waals surface area (Å²) in [5, 5.41) is 15.5. The number of nitrogens with zero attached hydrogens (tertiary/aromatic N) is 6. The monoisotopic (exact) mass is 196 g/mol. The largest absolute Gasteiger partial charge is 0.481 e. The average molecular weight is 196 g/mol. The molecule has 2 unspecified atom stereocenters. The van der Waals surface area contributed by atoms with Crippen molar-refractivity contribution in [2.75, 3.05) is 0 Å². The average Bonchev–Trinajstić information content (AvgIpc) is 2.50. The van der Waals surface area contributed by atoms with Gasteiger partial charge in [0.15, 0.2) is 0 Å². The summed E-state index contributed by atoms with van der Waals surface area (Å²) in [6.07, 6.45) is 0.478. The summed E-state index contributed by atoms with van der Waals surface area (Å²) < 4.78 is 0. The molecule has 1 aliphatic carbocycles. The van der Waals surface area contributed by atoms with Crippen LogP contribution in [0.3, 0.4) is 0 Å². The zero-order valence-corrected chi connectivity index (χ0v) is 7.19. The molecule has 0 saturated heterocycles. The lowest BCUT2D eigenvalue weighted by molar-refractivity contribution is -0.141. The van der Waals surface area contributed by atoms with Crippen molar-refractivity contribution in [3.8, 4) is 0 Å². The molecule has 0 aromatic carbocycles. The number of carboxylic acid groups (broad SMARTS) is 1. The van der Waals surface area contributed by atoms with Crippen LogP contribution < -0.4 is 0 Å². The highest BCUT2D eigenvalue weighted by molar-refractivity contribution is 5.70. The molecule has 8 nitrogen and oxygen atoms in total. The van der Waals surface area contributed by atoms with Crippen LogP contribution in [0.5, 0.6) is 0 Å². The molecule has 14 heavy (non-hydrogen) atoms. The Hall–Kier alpha value is -1.91. The molecule has 0 heterocycles. The van der Waals surface area contributed by atoms with Crippen LogP contribution in [-0.2, 0) is 4.79 Å². The minimum absolute atomic E-state index is 0.239. The van der Waals surface area contributed by atoms with Crippen molar-refractivity contribution in [2.45, 2.75) is 24.9 Å². The molecule has 1 rings (SSSR count). The van der Waals surface area contributed by atoms with Gasteiger partial charge in [-0.1, -0.05) is 10.2 Å². The van der Waals surface area contributed by atoms with Gasteiger partial charge in [0.05, 0.1) is 5.92 Å². The molecule has 1 fully saturated rings. The maximum absolute atomic E-state index is 10.6. The predicted molar refractivity (Wildman–Crippen MR) is 46.2 cm³/mol. The van der Waals surface area contributed by atoms with Crippen LogP contribution in [0.2, 0.25) is 0 Å². The molecule has 0 amide bonds.